The monoisotopic (exact) mass is 468 g/mol. The maximum absolute atomic E-state index is 13.8. The van der Waals surface area contributed by atoms with E-state index >= 15 is 0 Å². The van der Waals surface area contributed by atoms with Crippen LogP contribution in [0.3, 0.4) is 0 Å². The number of fused-ring (bicyclic) bond motifs is 3. The third-order valence-electron chi connectivity index (χ3n) is 6.75. The van der Waals surface area contributed by atoms with E-state index in [-0.39, 0.29) is 36.0 Å². The molecule has 2 N–H and O–H groups in total. The fourth-order valence-electron chi connectivity index (χ4n) is 5.43. The minimum absolute atomic E-state index is 0.0990. The Labute approximate surface area is 194 Å². The number of likely N-dealkylation sites (N-methyl/N-ethyl adjacent to an activating group) is 1. The first kappa shape index (κ1) is 21.9. The molecule has 9 heteroatoms. The van der Waals surface area contributed by atoms with E-state index in [2.05, 4.69) is 15.2 Å². The Bertz CT molecular complexity index is 1230. The first-order chi connectivity index (χ1) is 16.0. The minimum Gasteiger partial charge on any atom is -0.396 e. The summed E-state index contributed by atoms with van der Waals surface area (Å²) >= 11 is 1.51. The van der Waals surface area contributed by atoms with Crippen molar-refractivity contribution in [1.82, 2.24) is 19.8 Å². The number of rotatable bonds is 6. The van der Waals surface area contributed by atoms with E-state index in [1.54, 1.807) is 29.0 Å². The topological polar surface area (TPSA) is 87.5 Å². The fourth-order valence-corrected chi connectivity index (χ4v) is 6.05. The fraction of sp³-hybridized carbons (Fsp3) is 0.375. The van der Waals surface area contributed by atoms with Crippen molar-refractivity contribution < 1.29 is 14.3 Å². The predicted octanol–water partition coefficient (Wildman–Crippen LogP) is 2.41. The average molecular weight is 469 g/mol. The minimum atomic E-state index is -0.513. The molecule has 0 bridgehead atoms. The number of nitrogens with zero attached hydrogens (tertiary/aromatic N) is 3. The van der Waals surface area contributed by atoms with Gasteiger partial charge in [0.1, 0.15) is 10.8 Å². The second-order valence-electron chi connectivity index (χ2n) is 8.49. The molecule has 0 saturated carbocycles. The standard InChI is InChI=1S/C24H25FN4O3S/c1-2-26-23(31)22-18(13-30)17-11-28-19(21(17)29(22)12-20-27-8-9-33-20)7-6-16(24(28)32)14-4-3-5-15(25)10-14/h3-10,17-18,21-22,30H,2,11-13H2,1H3,(H,26,31)/t17-,18-,21+,22-/m1/s1. The lowest BCUT2D eigenvalue weighted by Crippen LogP contribution is -2.48. The smallest absolute Gasteiger partial charge is 0.258 e. The first-order valence-electron chi connectivity index (χ1n) is 11.1. The Balaban J connectivity index is 1.59. The molecule has 5 rings (SSSR count). The third kappa shape index (κ3) is 3.70. The maximum atomic E-state index is 13.8. The summed E-state index contributed by atoms with van der Waals surface area (Å²) in [6.45, 7) is 3.07. The van der Waals surface area contributed by atoms with Crippen LogP contribution in [0.25, 0.3) is 11.1 Å². The van der Waals surface area contributed by atoms with E-state index in [1.165, 1.54) is 23.5 Å². The van der Waals surface area contributed by atoms with E-state index in [4.69, 9.17) is 0 Å². The van der Waals surface area contributed by atoms with Gasteiger partial charge >= 0.3 is 0 Å². The molecular weight excluding hydrogens is 443 g/mol. The molecule has 172 valence electrons. The third-order valence-corrected chi connectivity index (χ3v) is 7.51. The van der Waals surface area contributed by atoms with E-state index in [0.29, 0.717) is 30.8 Å². The predicted molar refractivity (Wildman–Crippen MR) is 123 cm³/mol. The number of pyridine rings is 1. The summed E-state index contributed by atoms with van der Waals surface area (Å²) in [6, 6.07) is 8.94. The van der Waals surface area contributed by atoms with Crippen LogP contribution in [0.1, 0.15) is 23.7 Å². The van der Waals surface area contributed by atoms with Crippen LogP contribution in [0, 0.1) is 17.7 Å². The summed E-state index contributed by atoms with van der Waals surface area (Å²) in [5, 5.41) is 16.0. The van der Waals surface area contributed by atoms with Crippen LogP contribution in [0.15, 0.2) is 52.8 Å². The quantitative estimate of drug-likeness (QED) is 0.580. The highest BCUT2D eigenvalue weighted by atomic mass is 32.1. The van der Waals surface area contributed by atoms with Crippen molar-refractivity contribution >= 4 is 17.2 Å². The van der Waals surface area contributed by atoms with Crippen molar-refractivity contribution in [2.75, 3.05) is 13.2 Å². The molecule has 1 amide bonds. The molecule has 1 saturated heterocycles. The second-order valence-corrected chi connectivity index (χ2v) is 9.47. The van der Waals surface area contributed by atoms with Crippen LogP contribution in [0.2, 0.25) is 0 Å². The molecule has 2 aliphatic heterocycles. The van der Waals surface area contributed by atoms with Crippen molar-refractivity contribution in [3.63, 3.8) is 0 Å². The van der Waals surface area contributed by atoms with E-state index in [0.717, 1.165) is 10.7 Å². The zero-order valence-corrected chi connectivity index (χ0v) is 19.0. The Kier molecular flexibility index (Phi) is 5.86. The summed E-state index contributed by atoms with van der Waals surface area (Å²) in [5.41, 5.74) is 1.59. The second kappa shape index (κ2) is 8.81. The molecule has 33 heavy (non-hydrogen) atoms. The lowest BCUT2D eigenvalue weighted by atomic mass is 9.88. The van der Waals surface area contributed by atoms with Crippen molar-refractivity contribution in [1.29, 1.82) is 0 Å². The Morgan fingerprint density at radius 3 is 2.88 bits per heavy atom. The van der Waals surface area contributed by atoms with Gasteiger partial charge in [-0.2, -0.15) is 0 Å². The molecule has 0 spiro atoms. The van der Waals surface area contributed by atoms with Gasteiger partial charge in [0.15, 0.2) is 0 Å². The van der Waals surface area contributed by atoms with Crippen molar-refractivity contribution in [3.05, 3.63) is 74.8 Å². The van der Waals surface area contributed by atoms with E-state index in [1.807, 2.05) is 18.4 Å². The van der Waals surface area contributed by atoms with Gasteiger partial charge in [0.25, 0.3) is 5.56 Å². The van der Waals surface area contributed by atoms with Crippen LogP contribution < -0.4 is 10.9 Å². The molecule has 1 aromatic carbocycles. The number of aliphatic hydroxyl groups excluding tert-OH is 1. The summed E-state index contributed by atoms with van der Waals surface area (Å²) in [7, 11) is 0. The van der Waals surface area contributed by atoms with Crippen LogP contribution in [-0.4, -0.2) is 44.7 Å². The van der Waals surface area contributed by atoms with Crippen LogP contribution in [0.4, 0.5) is 4.39 Å². The number of carbonyl (C=O) groups is 1. The highest BCUT2D eigenvalue weighted by molar-refractivity contribution is 7.09. The summed E-state index contributed by atoms with van der Waals surface area (Å²) in [5.74, 6) is -0.932. The Morgan fingerprint density at radius 1 is 1.33 bits per heavy atom. The number of carbonyl (C=O) groups excluding carboxylic acids is 1. The van der Waals surface area contributed by atoms with Crippen molar-refractivity contribution in [3.8, 4) is 11.1 Å². The number of nitrogens with one attached hydrogen (secondary N) is 1. The van der Waals surface area contributed by atoms with Gasteiger partial charge in [-0.05, 0) is 36.8 Å². The van der Waals surface area contributed by atoms with Gasteiger partial charge in [0, 0.05) is 54.4 Å². The summed E-state index contributed by atoms with van der Waals surface area (Å²) < 4.78 is 15.5. The number of likely N-dealkylation sites (tertiary alicyclic amines) is 1. The van der Waals surface area contributed by atoms with Crippen molar-refractivity contribution in [2.45, 2.75) is 32.1 Å². The average Bonchev–Trinajstić information content (AvgIpc) is 3.50. The lowest BCUT2D eigenvalue weighted by molar-refractivity contribution is -0.127. The zero-order chi connectivity index (χ0) is 23.1. The van der Waals surface area contributed by atoms with Crippen LogP contribution in [-0.2, 0) is 17.9 Å². The van der Waals surface area contributed by atoms with Gasteiger partial charge < -0.3 is 15.0 Å². The molecule has 2 aliphatic rings. The number of benzene rings is 1. The molecule has 1 fully saturated rings. The highest BCUT2D eigenvalue weighted by Gasteiger charge is 2.55. The molecule has 3 aromatic rings. The number of hydrogen-bond acceptors (Lipinski definition) is 6. The molecule has 0 radical (unpaired) electrons. The van der Waals surface area contributed by atoms with Crippen molar-refractivity contribution in [2.24, 2.45) is 11.8 Å². The summed E-state index contributed by atoms with van der Waals surface area (Å²) in [4.78, 5) is 32.9. The molecule has 0 unspecified atom stereocenters. The molecule has 0 aliphatic carbocycles. The Hall–Kier alpha value is -2.88. The molecule has 4 heterocycles. The summed E-state index contributed by atoms with van der Waals surface area (Å²) in [6.07, 6.45) is 1.73. The maximum Gasteiger partial charge on any atom is 0.258 e. The van der Waals surface area contributed by atoms with E-state index < -0.39 is 11.9 Å². The number of aromatic nitrogens is 2. The highest BCUT2D eigenvalue weighted by Crippen LogP contribution is 2.50. The van der Waals surface area contributed by atoms with Crippen LogP contribution in [0.5, 0.6) is 0 Å². The normalized spacial score (nSPS) is 24.0. The molecule has 4 atom stereocenters. The zero-order valence-electron chi connectivity index (χ0n) is 18.1. The Morgan fingerprint density at radius 2 is 2.18 bits per heavy atom. The van der Waals surface area contributed by atoms with Crippen LogP contribution >= 0.6 is 11.3 Å². The van der Waals surface area contributed by atoms with E-state index in [9.17, 15) is 19.1 Å². The molecule has 2 aromatic heterocycles. The number of halogens is 1. The lowest BCUT2D eigenvalue weighted by Gasteiger charge is -2.30. The first-order valence-corrected chi connectivity index (χ1v) is 11.9. The SMILES string of the molecule is CCNC(=O)[C@H]1[C@H](CO)[C@H]2Cn3c(ccc(-c4cccc(F)c4)c3=O)[C@H]2N1Cc1nccs1. The van der Waals surface area contributed by atoms with Gasteiger partial charge in [0.2, 0.25) is 5.91 Å². The number of thiazole rings is 1. The number of aliphatic hydroxyl groups is 1. The number of amides is 1. The largest absolute Gasteiger partial charge is 0.396 e. The van der Waals surface area contributed by atoms with Gasteiger partial charge in [-0.25, -0.2) is 9.37 Å². The number of hydrogen-bond donors (Lipinski definition) is 2. The molecule has 7 nitrogen and oxygen atoms in total. The van der Waals surface area contributed by atoms with Gasteiger partial charge in [-0.3, -0.25) is 14.5 Å². The molecular formula is C24H25FN4O3S. The van der Waals surface area contributed by atoms with Gasteiger partial charge in [-0.1, -0.05) is 12.1 Å². The van der Waals surface area contributed by atoms with Gasteiger partial charge in [0.05, 0.1) is 18.6 Å². The van der Waals surface area contributed by atoms with Gasteiger partial charge in [-0.15, -0.1) is 11.3 Å².